The number of thiazole rings is 1. The Morgan fingerprint density at radius 1 is 0.585 bits per heavy atom. The number of nitrogens with zero attached hydrogens (tertiary/aromatic N) is 2. The quantitative estimate of drug-likeness (QED) is 0.0966. The highest BCUT2D eigenvalue weighted by atomic mass is 32.1. The van der Waals surface area contributed by atoms with E-state index in [1.165, 1.54) is 20.7 Å². The maximum Gasteiger partial charge on any atom is 0.179 e. The fourth-order valence-electron chi connectivity index (χ4n) is 7.29. The maximum absolute atomic E-state index is 10.6. The molecule has 0 radical (unpaired) electrons. The third-order valence-corrected chi connectivity index (χ3v) is 15.9. The molecule has 8 aromatic rings. The summed E-state index contributed by atoms with van der Waals surface area (Å²) in [6.45, 7) is 6.50. The van der Waals surface area contributed by atoms with Crippen molar-refractivity contribution in [1.82, 2.24) is 4.98 Å². The average Bonchev–Trinajstić information content (AvgIpc) is 3.64. The lowest BCUT2D eigenvalue weighted by molar-refractivity contribution is 0.473. The molecule has 0 spiro atoms. The number of phenolic OH excluding ortho intramolecular Hbond substituents is 1. The number of rotatable bonds is 8. The second-order valence-electron chi connectivity index (χ2n) is 14.4. The van der Waals surface area contributed by atoms with Gasteiger partial charge in [0.25, 0.3) is 0 Å². The van der Waals surface area contributed by atoms with Crippen LogP contribution in [0.15, 0.2) is 181 Å². The van der Waals surface area contributed by atoms with E-state index in [2.05, 4.69) is 160 Å². The first-order valence-corrected chi connectivity index (χ1v) is 20.8. The van der Waals surface area contributed by atoms with Crippen LogP contribution in [0.1, 0.15) is 31.9 Å². The first-order chi connectivity index (χ1) is 25.8. The van der Waals surface area contributed by atoms with E-state index in [9.17, 15) is 5.11 Å². The van der Waals surface area contributed by atoms with Gasteiger partial charge in [-0.2, -0.15) is 0 Å². The van der Waals surface area contributed by atoms with E-state index in [4.69, 9.17) is 9.98 Å². The predicted octanol–water partition coefficient (Wildman–Crippen LogP) is 9.76. The number of benzene rings is 7. The Morgan fingerprint density at radius 2 is 1.13 bits per heavy atom. The van der Waals surface area contributed by atoms with Gasteiger partial charge < -0.3 is 5.11 Å². The zero-order chi connectivity index (χ0) is 36.4. The first-order valence-electron chi connectivity index (χ1n) is 18.0. The van der Waals surface area contributed by atoms with Crippen LogP contribution in [-0.4, -0.2) is 24.4 Å². The SMILES string of the molecule is CC(C)(C)c1ccc(O)c(C=Nc2ccccc2-c2nc3c(-c4ccc([Si](c5ccccc5)(c5ccccc5)c5ccccc5)cc4)cccc3s2)c1. The molecular weight excluding hydrogens is 681 g/mol. The minimum Gasteiger partial charge on any atom is -0.507 e. The highest BCUT2D eigenvalue weighted by molar-refractivity contribution is 7.22. The lowest BCUT2D eigenvalue weighted by Crippen LogP contribution is -2.74. The van der Waals surface area contributed by atoms with Crippen molar-refractivity contribution < 1.29 is 5.11 Å². The molecule has 3 nitrogen and oxygen atoms in total. The Kier molecular flexibility index (Phi) is 9.21. The Bertz CT molecular complexity index is 2440. The van der Waals surface area contributed by atoms with Crippen LogP contribution < -0.4 is 20.7 Å². The van der Waals surface area contributed by atoms with Crippen LogP contribution in [0.3, 0.4) is 0 Å². The van der Waals surface area contributed by atoms with E-state index in [1.807, 2.05) is 30.3 Å². The molecule has 0 fully saturated rings. The second kappa shape index (κ2) is 14.3. The van der Waals surface area contributed by atoms with E-state index < -0.39 is 8.07 Å². The van der Waals surface area contributed by atoms with Crippen molar-refractivity contribution in [2.24, 2.45) is 4.99 Å². The molecule has 0 bridgehead atoms. The molecule has 8 rings (SSSR count). The fourth-order valence-corrected chi connectivity index (χ4v) is 13.1. The third kappa shape index (κ3) is 6.54. The molecule has 0 aliphatic heterocycles. The van der Waals surface area contributed by atoms with Crippen molar-refractivity contribution in [2.75, 3.05) is 0 Å². The summed E-state index contributed by atoms with van der Waals surface area (Å²) >= 11 is 1.68. The van der Waals surface area contributed by atoms with E-state index >= 15 is 0 Å². The molecule has 5 heteroatoms. The van der Waals surface area contributed by atoms with Crippen LogP contribution in [0.4, 0.5) is 5.69 Å². The van der Waals surface area contributed by atoms with Gasteiger partial charge >= 0.3 is 0 Å². The van der Waals surface area contributed by atoms with E-state index in [0.717, 1.165) is 43.2 Å². The molecule has 258 valence electrons. The zero-order valence-electron chi connectivity index (χ0n) is 30.1. The molecule has 0 atom stereocenters. The monoisotopic (exact) mass is 720 g/mol. The molecule has 0 aliphatic carbocycles. The van der Waals surface area contributed by atoms with Crippen LogP contribution in [0.5, 0.6) is 5.75 Å². The predicted molar refractivity (Wildman–Crippen MR) is 228 cm³/mol. The summed E-state index contributed by atoms with van der Waals surface area (Å²) in [4.78, 5) is 10.1. The van der Waals surface area contributed by atoms with Crippen LogP contribution in [-0.2, 0) is 5.41 Å². The van der Waals surface area contributed by atoms with Gasteiger partial charge in [0, 0.05) is 22.9 Å². The van der Waals surface area contributed by atoms with Crippen molar-refractivity contribution in [3.05, 3.63) is 187 Å². The first kappa shape index (κ1) is 34.2. The Hall–Kier alpha value is -5.88. The minimum atomic E-state index is -2.62. The van der Waals surface area contributed by atoms with Crippen LogP contribution in [0.25, 0.3) is 31.9 Å². The standard InChI is InChI=1S/C48H40N2OSSi/c1-48(2,3)36-28-31-44(51)35(32-36)33-49-43-24-14-13-22-42(43)47-50-46-41(23-15-25-45(46)52-47)34-26-29-40(30-27-34)53(37-16-7-4-8-17-37,38-18-9-5-10-19-38)39-20-11-6-12-21-39/h4-33,51H,1-3H3. The van der Waals surface area contributed by atoms with Gasteiger partial charge in [-0.1, -0.05) is 166 Å². The molecule has 7 aromatic carbocycles. The van der Waals surface area contributed by atoms with Crippen LogP contribution in [0.2, 0.25) is 0 Å². The lowest BCUT2D eigenvalue weighted by atomic mass is 9.86. The molecule has 0 amide bonds. The number of para-hydroxylation sites is 2. The van der Waals surface area contributed by atoms with Gasteiger partial charge in [0.2, 0.25) is 0 Å². The number of phenols is 1. The molecule has 1 heterocycles. The number of aliphatic imine (C=N–C) groups is 1. The highest BCUT2D eigenvalue weighted by Crippen LogP contribution is 2.39. The summed E-state index contributed by atoms with van der Waals surface area (Å²) in [5.74, 6) is 0.214. The van der Waals surface area contributed by atoms with E-state index in [0.29, 0.717) is 5.56 Å². The summed E-state index contributed by atoms with van der Waals surface area (Å²) < 4.78 is 1.12. The third-order valence-electron chi connectivity index (χ3n) is 10.0. The molecule has 1 N–H and O–H groups in total. The van der Waals surface area contributed by atoms with Crippen molar-refractivity contribution in [3.8, 4) is 27.4 Å². The van der Waals surface area contributed by atoms with Gasteiger partial charge in [-0.25, -0.2) is 4.98 Å². The topological polar surface area (TPSA) is 45.5 Å². The summed E-state index contributed by atoms with van der Waals surface area (Å²) in [6, 6.07) is 62.6. The van der Waals surface area contributed by atoms with Gasteiger partial charge in [-0.3, -0.25) is 4.99 Å². The van der Waals surface area contributed by atoms with Crippen LogP contribution >= 0.6 is 11.3 Å². The summed E-state index contributed by atoms with van der Waals surface area (Å²) in [6.07, 6.45) is 1.76. The summed E-state index contributed by atoms with van der Waals surface area (Å²) in [7, 11) is -2.62. The van der Waals surface area contributed by atoms with Gasteiger partial charge in [-0.15, -0.1) is 11.3 Å². The molecule has 0 saturated carbocycles. The number of hydrogen-bond acceptors (Lipinski definition) is 4. The fraction of sp³-hybridized carbons (Fsp3) is 0.0833. The second-order valence-corrected chi connectivity index (χ2v) is 19.2. The van der Waals surface area contributed by atoms with E-state index in [1.54, 1.807) is 23.6 Å². The summed E-state index contributed by atoms with van der Waals surface area (Å²) in [5, 5.41) is 16.9. The Labute approximate surface area is 316 Å². The Morgan fingerprint density at radius 3 is 1.74 bits per heavy atom. The molecule has 0 aliphatic rings. The summed E-state index contributed by atoms with van der Waals surface area (Å²) in [5.41, 5.74) is 6.79. The largest absolute Gasteiger partial charge is 0.507 e. The van der Waals surface area contributed by atoms with Gasteiger partial charge in [0.15, 0.2) is 8.07 Å². The normalized spacial score (nSPS) is 12.1. The molecule has 0 saturated heterocycles. The van der Waals surface area contributed by atoms with Crippen molar-refractivity contribution in [2.45, 2.75) is 26.2 Å². The van der Waals surface area contributed by atoms with Gasteiger partial charge in [0.05, 0.1) is 15.9 Å². The van der Waals surface area contributed by atoms with Crippen LogP contribution in [0, 0.1) is 0 Å². The van der Waals surface area contributed by atoms with Gasteiger partial charge in [0.1, 0.15) is 10.8 Å². The number of fused-ring (bicyclic) bond motifs is 1. The average molecular weight is 721 g/mol. The maximum atomic E-state index is 10.6. The molecule has 0 unspecified atom stereocenters. The van der Waals surface area contributed by atoms with Crippen molar-refractivity contribution in [3.63, 3.8) is 0 Å². The number of aromatic hydroxyl groups is 1. The highest BCUT2D eigenvalue weighted by Gasteiger charge is 2.41. The zero-order valence-corrected chi connectivity index (χ0v) is 31.9. The molecule has 1 aromatic heterocycles. The van der Waals surface area contributed by atoms with E-state index in [-0.39, 0.29) is 11.2 Å². The Balaban J connectivity index is 1.20. The lowest BCUT2D eigenvalue weighted by Gasteiger charge is -2.34. The smallest absolute Gasteiger partial charge is 0.179 e. The number of hydrogen-bond donors (Lipinski definition) is 1. The van der Waals surface area contributed by atoms with Gasteiger partial charge in [-0.05, 0) is 67.6 Å². The number of aromatic nitrogens is 1. The molecular formula is C48H40N2OSSi. The molecule has 53 heavy (non-hydrogen) atoms. The minimum absolute atomic E-state index is 0.0377. The van der Waals surface area contributed by atoms with Crippen molar-refractivity contribution >= 4 is 62.3 Å². The van der Waals surface area contributed by atoms with Crippen molar-refractivity contribution in [1.29, 1.82) is 0 Å².